The molecule has 4 nitrogen and oxygen atoms in total. The molecule has 1 aromatic heterocycles. The van der Waals surface area contributed by atoms with E-state index in [1.165, 1.54) is 49.5 Å². The van der Waals surface area contributed by atoms with E-state index in [1.807, 2.05) is 12.6 Å². The molecule has 2 saturated heterocycles. The van der Waals surface area contributed by atoms with Crippen LogP contribution in [0.25, 0.3) is 0 Å². The lowest BCUT2D eigenvalue weighted by Gasteiger charge is -2.39. The number of methoxy groups -OCH3 is 1. The normalized spacial score (nSPS) is 25.7. The molecule has 23 heavy (non-hydrogen) atoms. The van der Waals surface area contributed by atoms with E-state index in [0.29, 0.717) is 17.5 Å². The summed E-state index contributed by atoms with van der Waals surface area (Å²) in [6.45, 7) is 12.4. The van der Waals surface area contributed by atoms with E-state index in [4.69, 9.17) is 4.74 Å². The Morgan fingerprint density at radius 2 is 2.13 bits per heavy atom. The smallest absolute Gasteiger partial charge is 0.0798 e. The largest absolute Gasteiger partial charge is 0.383 e. The second kappa shape index (κ2) is 7.18. The van der Waals surface area contributed by atoms with Crippen LogP contribution in [-0.4, -0.2) is 60.2 Å². The van der Waals surface area contributed by atoms with Gasteiger partial charge in [0, 0.05) is 37.2 Å². The van der Waals surface area contributed by atoms with E-state index in [-0.39, 0.29) is 0 Å². The van der Waals surface area contributed by atoms with Gasteiger partial charge in [-0.05, 0) is 58.5 Å². The molecule has 0 saturated carbocycles. The highest BCUT2D eigenvalue weighted by Crippen LogP contribution is 2.44. The van der Waals surface area contributed by atoms with Gasteiger partial charge in [0.15, 0.2) is 0 Å². The number of likely N-dealkylation sites (tertiary alicyclic amines) is 2. The Kier molecular flexibility index (Phi) is 5.41. The Labute approximate surface area is 144 Å². The van der Waals surface area contributed by atoms with Crippen LogP contribution >= 0.6 is 11.3 Å². The molecule has 3 heterocycles. The maximum atomic E-state index is 5.49. The van der Waals surface area contributed by atoms with Gasteiger partial charge < -0.3 is 4.74 Å². The van der Waals surface area contributed by atoms with Crippen molar-refractivity contribution in [1.29, 1.82) is 0 Å². The van der Waals surface area contributed by atoms with E-state index in [9.17, 15) is 0 Å². The molecule has 0 aliphatic carbocycles. The predicted octanol–water partition coefficient (Wildman–Crippen LogP) is 3.16. The van der Waals surface area contributed by atoms with Gasteiger partial charge in [0.1, 0.15) is 0 Å². The lowest BCUT2D eigenvalue weighted by molar-refractivity contribution is 0.0918. The summed E-state index contributed by atoms with van der Waals surface area (Å²) in [5, 5.41) is 0. The molecule has 0 N–H and O–H groups in total. The Bertz CT molecular complexity index is 508. The number of rotatable bonds is 5. The summed E-state index contributed by atoms with van der Waals surface area (Å²) >= 11 is 1.80. The number of nitrogens with zero attached hydrogens (tertiary/aromatic N) is 3. The van der Waals surface area contributed by atoms with Crippen LogP contribution in [0, 0.1) is 12.3 Å². The van der Waals surface area contributed by atoms with Crippen LogP contribution in [0.4, 0.5) is 0 Å². The number of thiazole rings is 1. The summed E-state index contributed by atoms with van der Waals surface area (Å²) in [5.41, 5.74) is 3.71. The molecular weight excluding hydrogens is 306 g/mol. The number of aryl methyl sites for hydroxylation is 1. The first kappa shape index (κ1) is 17.3. The van der Waals surface area contributed by atoms with Crippen molar-refractivity contribution in [3.05, 3.63) is 16.1 Å². The monoisotopic (exact) mass is 337 g/mol. The highest BCUT2D eigenvalue weighted by Gasteiger charge is 2.46. The lowest BCUT2D eigenvalue weighted by atomic mass is 9.76. The zero-order valence-electron chi connectivity index (χ0n) is 15.0. The van der Waals surface area contributed by atoms with Crippen molar-refractivity contribution in [2.24, 2.45) is 5.41 Å². The highest BCUT2D eigenvalue weighted by molar-refractivity contribution is 7.09. The van der Waals surface area contributed by atoms with Gasteiger partial charge in [-0.2, -0.15) is 0 Å². The quantitative estimate of drug-likeness (QED) is 0.825. The van der Waals surface area contributed by atoms with Crippen molar-refractivity contribution in [2.45, 2.75) is 58.7 Å². The summed E-state index contributed by atoms with van der Waals surface area (Å²) in [4.78, 5) is 11.1. The van der Waals surface area contributed by atoms with Crippen molar-refractivity contribution >= 4 is 11.3 Å². The van der Waals surface area contributed by atoms with Crippen LogP contribution in [-0.2, 0) is 11.3 Å². The number of piperidine rings is 1. The fraction of sp³-hybridized carbons (Fsp3) is 0.833. The predicted molar refractivity (Wildman–Crippen MR) is 95.9 cm³/mol. The molecule has 2 fully saturated rings. The molecule has 1 unspecified atom stereocenters. The molecule has 130 valence electrons. The average molecular weight is 338 g/mol. The molecular formula is C18H31N3OS. The molecule has 0 amide bonds. The van der Waals surface area contributed by atoms with Gasteiger partial charge in [-0.1, -0.05) is 0 Å². The number of hydrogen-bond donors (Lipinski definition) is 0. The molecule has 2 aliphatic heterocycles. The lowest BCUT2D eigenvalue weighted by Crippen LogP contribution is -2.42. The summed E-state index contributed by atoms with van der Waals surface area (Å²) in [5.74, 6) is 0. The van der Waals surface area contributed by atoms with Crippen molar-refractivity contribution in [3.63, 3.8) is 0 Å². The van der Waals surface area contributed by atoms with Gasteiger partial charge in [0.2, 0.25) is 0 Å². The first-order valence-corrected chi connectivity index (χ1v) is 9.77. The van der Waals surface area contributed by atoms with Crippen LogP contribution in [0.15, 0.2) is 5.51 Å². The first-order chi connectivity index (χ1) is 11.0. The van der Waals surface area contributed by atoms with Crippen LogP contribution in [0.1, 0.15) is 43.7 Å². The number of aromatic nitrogens is 1. The summed E-state index contributed by atoms with van der Waals surface area (Å²) in [6, 6.07) is 1.22. The Morgan fingerprint density at radius 3 is 2.70 bits per heavy atom. The fourth-order valence-corrected chi connectivity index (χ4v) is 5.20. The van der Waals surface area contributed by atoms with E-state index in [0.717, 1.165) is 13.2 Å². The van der Waals surface area contributed by atoms with Crippen molar-refractivity contribution < 1.29 is 4.74 Å². The van der Waals surface area contributed by atoms with Crippen LogP contribution in [0.2, 0.25) is 0 Å². The second-order valence-corrected chi connectivity index (χ2v) is 8.66. The van der Waals surface area contributed by atoms with E-state index in [1.54, 1.807) is 11.3 Å². The molecule has 5 heteroatoms. The van der Waals surface area contributed by atoms with Gasteiger partial charge >= 0.3 is 0 Å². The van der Waals surface area contributed by atoms with Gasteiger partial charge in [-0.25, -0.2) is 4.98 Å². The van der Waals surface area contributed by atoms with E-state index in [2.05, 4.69) is 35.6 Å². The third-order valence-corrected chi connectivity index (χ3v) is 6.73. The summed E-state index contributed by atoms with van der Waals surface area (Å²) in [7, 11) is 1.84. The van der Waals surface area contributed by atoms with E-state index < -0.39 is 0 Å². The first-order valence-electron chi connectivity index (χ1n) is 8.89. The molecule has 1 atom stereocenters. The van der Waals surface area contributed by atoms with Gasteiger partial charge in [0.05, 0.1) is 17.8 Å². The third kappa shape index (κ3) is 3.78. The van der Waals surface area contributed by atoms with Gasteiger partial charge in [-0.15, -0.1) is 11.3 Å². The zero-order chi connectivity index (χ0) is 16.4. The minimum atomic E-state index is 0.521. The molecule has 0 radical (unpaired) electrons. The average Bonchev–Trinajstić information content (AvgIpc) is 3.07. The maximum absolute atomic E-state index is 5.49. The molecule has 1 aromatic rings. The summed E-state index contributed by atoms with van der Waals surface area (Å²) in [6.07, 6.45) is 3.97. The van der Waals surface area contributed by atoms with Crippen molar-refractivity contribution in [1.82, 2.24) is 14.8 Å². The topological polar surface area (TPSA) is 28.6 Å². The van der Waals surface area contributed by atoms with E-state index >= 15 is 0 Å². The van der Waals surface area contributed by atoms with Crippen LogP contribution < -0.4 is 0 Å². The molecule has 2 aliphatic rings. The Balaban J connectivity index is 1.58. The SMILES string of the molecule is COCC1CC2(CCN(Cc3scnc3C)CC2)CN1C(C)C. The minimum Gasteiger partial charge on any atom is -0.383 e. The minimum absolute atomic E-state index is 0.521. The van der Waals surface area contributed by atoms with Crippen LogP contribution in [0.3, 0.4) is 0 Å². The Morgan fingerprint density at radius 1 is 1.39 bits per heavy atom. The molecule has 0 bridgehead atoms. The standard InChI is InChI=1S/C18H31N3OS/c1-14(2)21-12-18(9-16(21)11-22-4)5-7-20(8-6-18)10-17-15(3)19-13-23-17/h13-14,16H,5-12H2,1-4H3. The van der Waals surface area contributed by atoms with Crippen LogP contribution in [0.5, 0.6) is 0 Å². The third-order valence-electron chi connectivity index (χ3n) is 5.81. The van der Waals surface area contributed by atoms with Gasteiger partial charge in [-0.3, -0.25) is 9.80 Å². The fourth-order valence-electron chi connectivity index (χ4n) is 4.38. The Hall–Kier alpha value is -0.490. The zero-order valence-corrected chi connectivity index (χ0v) is 15.9. The van der Waals surface area contributed by atoms with Crippen molar-refractivity contribution in [3.8, 4) is 0 Å². The number of ether oxygens (including phenoxy) is 1. The molecule has 0 aromatic carbocycles. The highest BCUT2D eigenvalue weighted by atomic mass is 32.1. The number of hydrogen-bond acceptors (Lipinski definition) is 5. The molecule has 3 rings (SSSR count). The second-order valence-electron chi connectivity index (χ2n) is 7.72. The van der Waals surface area contributed by atoms with Gasteiger partial charge in [0.25, 0.3) is 0 Å². The summed E-state index contributed by atoms with van der Waals surface area (Å²) < 4.78 is 5.49. The maximum Gasteiger partial charge on any atom is 0.0798 e. The molecule has 1 spiro atoms. The van der Waals surface area contributed by atoms with Crippen molar-refractivity contribution in [2.75, 3.05) is 33.4 Å².